The Labute approximate surface area is 133 Å². The zero-order valence-electron chi connectivity index (χ0n) is 12.6. The van der Waals surface area contributed by atoms with Crippen molar-refractivity contribution in [3.63, 3.8) is 0 Å². The molecule has 23 heavy (non-hydrogen) atoms. The summed E-state index contributed by atoms with van der Waals surface area (Å²) in [5.74, 6) is 1.40. The van der Waals surface area contributed by atoms with Gasteiger partial charge in [-0.2, -0.15) is 5.10 Å². The van der Waals surface area contributed by atoms with Crippen LogP contribution in [0, 0.1) is 6.92 Å². The number of hydrogen-bond donors (Lipinski definition) is 1. The van der Waals surface area contributed by atoms with Gasteiger partial charge in [0.25, 0.3) is 6.29 Å². The minimum atomic E-state index is -0.398. The lowest BCUT2D eigenvalue weighted by Crippen LogP contribution is -1.97. The van der Waals surface area contributed by atoms with Crippen LogP contribution in [0.2, 0.25) is 0 Å². The Bertz CT molecular complexity index is 845. The van der Waals surface area contributed by atoms with Gasteiger partial charge in [-0.05, 0) is 13.0 Å². The Morgan fingerprint density at radius 3 is 2.52 bits per heavy atom. The first-order valence-corrected chi connectivity index (χ1v) is 7.35. The molecule has 0 radical (unpaired) electrons. The van der Waals surface area contributed by atoms with E-state index < -0.39 is 6.29 Å². The van der Waals surface area contributed by atoms with Gasteiger partial charge in [0, 0.05) is 16.7 Å². The third-order valence-corrected chi connectivity index (χ3v) is 3.69. The van der Waals surface area contributed by atoms with Gasteiger partial charge in [-0.1, -0.05) is 48.0 Å². The van der Waals surface area contributed by atoms with Gasteiger partial charge in [0.1, 0.15) is 12.5 Å². The predicted molar refractivity (Wildman–Crippen MR) is 86.0 cm³/mol. The number of aromatic amines is 1. The number of aromatic nitrogens is 3. The van der Waals surface area contributed by atoms with Crippen LogP contribution in [0.4, 0.5) is 0 Å². The molecule has 114 valence electrons. The second-order valence-corrected chi connectivity index (χ2v) is 5.38. The summed E-state index contributed by atoms with van der Waals surface area (Å²) in [6.45, 7) is 2.06. The van der Waals surface area contributed by atoms with Crippen molar-refractivity contribution in [1.82, 2.24) is 15.2 Å². The van der Waals surface area contributed by atoms with Gasteiger partial charge in [0.2, 0.25) is 0 Å². The summed E-state index contributed by atoms with van der Waals surface area (Å²) >= 11 is 0. The molecule has 0 atom stereocenters. The molecule has 0 spiro atoms. The summed E-state index contributed by atoms with van der Waals surface area (Å²) in [6, 6.07) is 16.0. The van der Waals surface area contributed by atoms with Gasteiger partial charge < -0.3 is 9.47 Å². The smallest absolute Gasteiger partial charge is 0.266 e. The average molecular weight is 305 g/mol. The van der Waals surface area contributed by atoms with Crippen molar-refractivity contribution in [2.45, 2.75) is 13.2 Å². The molecule has 0 saturated heterocycles. The highest BCUT2D eigenvalue weighted by molar-refractivity contribution is 5.61. The Balaban J connectivity index is 1.63. The SMILES string of the molecule is Cc1ccc(-c2nc(-c3cccc(C4OC=CO4)c3)n[nH]2)cc1. The second-order valence-electron chi connectivity index (χ2n) is 5.38. The van der Waals surface area contributed by atoms with Gasteiger partial charge in [-0.25, -0.2) is 4.98 Å². The number of aryl methyl sites for hydroxylation is 1. The first-order chi connectivity index (χ1) is 11.3. The molecule has 1 N–H and O–H groups in total. The van der Waals surface area contributed by atoms with Gasteiger partial charge in [-0.15, -0.1) is 0 Å². The van der Waals surface area contributed by atoms with E-state index in [0.717, 1.165) is 22.5 Å². The minimum Gasteiger partial charge on any atom is -0.455 e. The van der Waals surface area contributed by atoms with Gasteiger partial charge in [0.05, 0.1) is 0 Å². The third-order valence-electron chi connectivity index (χ3n) is 3.69. The van der Waals surface area contributed by atoms with Crippen LogP contribution in [0.5, 0.6) is 0 Å². The maximum Gasteiger partial charge on any atom is 0.266 e. The summed E-state index contributed by atoms with van der Waals surface area (Å²) < 4.78 is 10.7. The maximum absolute atomic E-state index is 5.36. The van der Waals surface area contributed by atoms with Crippen molar-refractivity contribution in [3.05, 3.63) is 72.2 Å². The molecule has 3 aromatic rings. The lowest BCUT2D eigenvalue weighted by Gasteiger charge is -2.10. The van der Waals surface area contributed by atoms with Crippen LogP contribution in [-0.4, -0.2) is 15.2 Å². The number of nitrogens with zero attached hydrogens (tertiary/aromatic N) is 2. The zero-order valence-corrected chi connectivity index (χ0v) is 12.6. The largest absolute Gasteiger partial charge is 0.455 e. The Morgan fingerprint density at radius 1 is 0.957 bits per heavy atom. The zero-order chi connectivity index (χ0) is 15.6. The molecule has 1 aliphatic heterocycles. The van der Waals surface area contributed by atoms with Crippen LogP contribution >= 0.6 is 0 Å². The fourth-order valence-electron chi connectivity index (χ4n) is 2.45. The fraction of sp³-hybridized carbons (Fsp3) is 0.111. The normalized spacial score (nSPS) is 13.8. The summed E-state index contributed by atoms with van der Waals surface area (Å²) in [6.07, 6.45) is 2.68. The number of nitrogens with one attached hydrogen (secondary N) is 1. The fourth-order valence-corrected chi connectivity index (χ4v) is 2.45. The van der Waals surface area contributed by atoms with E-state index in [1.54, 1.807) is 12.5 Å². The van der Waals surface area contributed by atoms with E-state index in [0.29, 0.717) is 5.82 Å². The van der Waals surface area contributed by atoms with E-state index in [2.05, 4.69) is 34.2 Å². The van der Waals surface area contributed by atoms with Crippen LogP contribution in [0.15, 0.2) is 61.1 Å². The lowest BCUT2D eigenvalue weighted by atomic mass is 10.1. The van der Waals surface area contributed by atoms with E-state index in [-0.39, 0.29) is 0 Å². The number of benzene rings is 2. The second kappa shape index (κ2) is 5.61. The molecule has 0 amide bonds. The van der Waals surface area contributed by atoms with Gasteiger partial charge in [-0.3, -0.25) is 5.10 Å². The topological polar surface area (TPSA) is 60.0 Å². The molecule has 2 heterocycles. The molecule has 4 rings (SSSR count). The average Bonchev–Trinajstić information content (AvgIpc) is 3.28. The molecule has 1 aliphatic rings. The highest BCUT2D eigenvalue weighted by atomic mass is 16.7. The highest BCUT2D eigenvalue weighted by Gasteiger charge is 2.17. The van der Waals surface area contributed by atoms with E-state index in [9.17, 15) is 0 Å². The summed E-state index contributed by atoms with van der Waals surface area (Å²) in [5.41, 5.74) is 4.06. The van der Waals surface area contributed by atoms with Crippen LogP contribution < -0.4 is 0 Å². The predicted octanol–water partition coefficient (Wildman–Crippen LogP) is 3.96. The first-order valence-electron chi connectivity index (χ1n) is 7.35. The molecular formula is C18H15N3O2. The van der Waals surface area contributed by atoms with E-state index in [1.165, 1.54) is 5.56 Å². The van der Waals surface area contributed by atoms with Gasteiger partial charge in [0.15, 0.2) is 11.6 Å². The van der Waals surface area contributed by atoms with Crippen LogP contribution in [0.3, 0.4) is 0 Å². The molecule has 2 aromatic carbocycles. The Morgan fingerprint density at radius 2 is 1.74 bits per heavy atom. The monoisotopic (exact) mass is 305 g/mol. The van der Waals surface area contributed by atoms with Crippen LogP contribution in [0.25, 0.3) is 22.8 Å². The molecule has 0 fully saturated rings. The minimum absolute atomic E-state index is 0.398. The molecular weight excluding hydrogens is 290 g/mol. The first kappa shape index (κ1) is 13.6. The van der Waals surface area contributed by atoms with E-state index in [1.807, 2.05) is 36.4 Å². The molecule has 0 saturated carbocycles. The van der Waals surface area contributed by atoms with Crippen molar-refractivity contribution in [1.29, 1.82) is 0 Å². The highest BCUT2D eigenvalue weighted by Crippen LogP contribution is 2.27. The quantitative estimate of drug-likeness (QED) is 0.795. The third kappa shape index (κ3) is 2.68. The van der Waals surface area contributed by atoms with Crippen LogP contribution in [0.1, 0.15) is 17.4 Å². The van der Waals surface area contributed by atoms with E-state index >= 15 is 0 Å². The number of ether oxygens (including phenoxy) is 2. The molecule has 0 unspecified atom stereocenters. The molecule has 5 heteroatoms. The molecule has 1 aromatic heterocycles. The van der Waals surface area contributed by atoms with Crippen LogP contribution in [-0.2, 0) is 9.47 Å². The molecule has 0 aliphatic carbocycles. The Kier molecular flexibility index (Phi) is 3.31. The number of hydrogen-bond acceptors (Lipinski definition) is 4. The van der Waals surface area contributed by atoms with Crippen molar-refractivity contribution in [2.24, 2.45) is 0 Å². The van der Waals surface area contributed by atoms with Crippen molar-refractivity contribution in [2.75, 3.05) is 0 Å². The standard InChI is InChI=1S/C18H15N3O2/c1-12-5-7-13(8-6-12)16-19-17(21-20-16)14-3-2-4-15(11-14)18-22-9-10-23-18/h2-11,18H,1H3,(H,19,20,21). The summed E-state index contributed by atoms with van der Waals surface area (Å²) in [4.78, 5) is 4.58. The summed E-state index contributed by atoms with van der Waals surface area (Å²) in [7, 11) is 0. The number of rotatable bonds is 3. The molecule has 5 nitrogen and oxygen atoms in total. The van der Waals surface area contributed by atoms with E-state index in [4.69, 9.17) is 9.47 Å². The Hall–Kier alpha value is -3.08. The van der Waals surface area contributed by atoms with Crippen molar-refractivity contribution >= 4 is 0 Å². The molecule has 0 bridgehead atoms. The number of H-pyrrole nitrogens is 1. The summed E-state index contributed by atoms with van der Waals surface area (Å²) in [5, 5.41) is 7.31. The van der Waals surface area contributed by atoms with Crippen molar-refractivity contribution < 1.29 is 9.47 Å². The maximum atomic E-state index is 5.36. The van der Waals surface area contributed by atoms with Gasteiger partial charge >= 0.3 is 0 Å². The lowest BCUT2D eigenvalue weighted by molar-refractivity contribution is -0.0245. The van der Waals surface area contributed by atoms with Crippen molar-refractivity contribution in [3.8, 4) is 22.8 Å².